The lowest BCUT2D eigenvalue weighted by Gasteiger charge is -2.03. The zero-order valence-corrected chi connectivity index (χ0v) is 20.1. The first-order chi connectivity index (χ1) is 18.5. The summed E-state index contributed by atoms with van der Waals surface area (Å²) in [5, 5.41) is 7.80. The second-order valence-corrected chi connectivity index (χ2v) is 7.49. The van der Waals surface area contributed by atoms with E-state index in [4.69, 9.17) is 4.74 Å². The lowest BCUT2D eigenvalue weighted by molar-refractivity contribution is -0.114. The van der Waals surface area contributed by atoms with Crippen LogP contribution in [0, 0.1) is 0 Å². The Hall–Kier alpha value is -6.09. The summed E-state index contributed by atoms with van der Waals surface area (Å²) >= 11 is 0. The van der Waals surface area contributed by atoms with Crippen LogP contribution in [0.4, 0.5) is 5.69 Å². The van der Waals surface area contributed by atoms with E-state index in [9.17, 15) is 9.59 Å². The Morgan fingerprint density at radius 2 is 1.71 bits per heavy atom. The van der Waals surface area contributed by atoms with E-state index < -0.39 is 5.97 Å². The van der Waals surface area contributed by atoms with Gasteiger partial charge in [-0.05, 0) is 71.0 Å². The van der Waals surface area contributed by atoms with Crippen LogP contribution in [0.2, 0.25) is 0 Å². The number of anilines is 1. The lowest BCUT2D eigenvalue weighted by Crippen LogP contribution is -2.05. The van der Waals surface area contributed by atoms with Gasteiger partial charge < -0.3 is 10.1 Å². The normalized spacial score (nSPS) is 9.29. The molecular weight excluding hydrogens is 478 g/mol. The Balaban J connectivity index is 1.57. The summed E-state index contributed by atoms with van der Waals surface area (Å²) in [6, 6.07) is 13.9. The third kappa shape index (κ3) is 5.93. The number of nitrogens with zero attached hydrogens (tertiary/aromatic N) is 4. The number of benzene rings is 2. The Kier molecular flexibility index (Phi) is 7.61. The molecule has 8 nitrogen and oxygen atoms in total. The number of rotatable bonds is 5. The molecule has 2 aromatic heterocycles. The second kappa shape index (κ2) is 11.6. The number of imidazole rings is 1. The van der Waals surface area contributed by atoms with Gasteiger partial charge in [0.2, 0.25) is 5.91 Å². The molecule has 0 bridgehead atoms. The Labute approximate surface area is 216 Å². The van der Waals surface area contributed by atoms with Gasteiger partial charge in [-0.1, -0.05) is 36.6 Å². The van der Waals surface area contributed by atoms with E-state index >= 15 is 0 Å². The number of aromatic nitrogens is 4. The van der Waals surface area contributed by atoms with Crippen molar-refractivity contribution in [2.24, 2.45) is 0 Å². The molecule has 2 heterocycles. The first kappa shape index (κ1) is 25.0. The minimum Gasteiger partial charge on any atom is -0.422 e. The van der Waals surface area contributed by atoms with E-state index in [-0.39, 0.29) is 5.91 Å². The van der Waals surface area contributed by atoms with Gasteiger partial charge in [-0.2, -0.15) is 4.52 Å². The average Bonchev–Trinajstić information content (AvgIpc) is 3.48. The number of hydrogen-bond donors (Lipinski definition) is 1. The molecular formula is C30H17N5O3. The van der Waals surface area contributed by atoms with Crippen molar-refractivity contribution in [3.63, 3.8) is 0 Å². The van der Waals surface area contributed by atoms with Crippen LogP contribution >= 0.6 is 0 Å². The maximum atomic E-state index is 12.3. The van der Waals surface area contributed by atoms with Gasteiger partial charge in [0.25, 0.3) is 0 Å². The second-order valence-electron chi connectivity index (χ2n) is 7.49. The SMILES string of the molecule is C=C=C=C=C=C=C=C=C=COC(=O)c1ccc(-c2nc(=C)c3nc(-c4cccc(NC(C)=O)c4)nn23)cc1. The highest BCUT2D eigenvalue weighted by Gasteiger charge is 2.16. The van der Waals surface area contributed by atoms with Crippen LogP contribution in [0.5, 0.6) is 0 Å². The van der Waals surface area contributed by atoms with Gasteiger partial charge >= 0.3 is 5.97 Å². The van der Waals surface area contributed by atoms with Crippen LogP contribution in [0.15, 0.2) is 107 Å². The molecule has 0 aliphatic carbocycles. The molecule has 0 saturated carbocycles. The molecule has 38 heavy (non-hydrogen) atoms. The molecule has 0 radical (unpaired) electrons. The van der Waals surface area contributed by atoms with Gasteiger partial charge in [0.15, 0.2) is 17.3 Å². The van der Waals surface area contributed by atoms with E-state index in [1.165, 1.54) is 6.92 Å². The number of carbonyl (C=O) groups is 2. The fourth-order valence-electron chi connectivity index (χ4n) is 3.26. The van der Waals surface area contributed by atoms with Crippen molar-refractivity contribution in [2.45, 2.75) is 6.92 Å². The number of hydrogen-bond acceptors (Lipinski definition) is 6. The fraction of sp³-hybridized carbons (Fsp3) is 0.0333. The standard InChI is InChI=1S/C30H17N5O3/c1-4-5-6-7-8-9-10-11-19-38-30(37)24-17-15-23(16-18-24)29-31-21(2)28-33-27(34-35(28)29)25-13-12-14-26(20-25)32-22(3)36/h12-20H,1-2H2,3H3,(H,32,36). The predicted octanol–water partition coefficient (Wildman–Crippen LogP) is 4.09. The molecule has 0 fully saturated rings. The first-order valence-electron chi connectivity index (χ1n) is 11.0. The van der Waals surface area contributed by atoms with Crippen molar-refractivity contribution in [1.82, 2.24) is 19.6 Å². The summed E-state index contributed by atoms with van der Waals surface area (Å²) in [7, 11) is 0. The summed E-state index contributed by atoms with van der Waals surface area (Å²) in [6.07, 6.45) is 1.06. The Morgan fingerprint density at radius 3 is 2.45 bits per heavy atom. The number of esters is 1. The molecule has 0 atom stereocenters. The molecule has 8 heteroatoms. The highest BCUT2D eigenvalue weighted by molar-refractivity contribution is 5.90. The number of amides is 1. The maximum absolute atomic E-state index is 12.3. The highest BCUT2D eigenvalue weighted by atomic mass is 16.5. The average molecular weight is 495 g/mol. The van der Waals surface area contributed by atoms with Crippen molar-refractivity contribution < 1.29 is 14.3 Å². The van der Waals surface area contributed by atoms with Crippen LogP contribution in [0.1, 0.15) is 17.3 Å². The van der Waals surface area contributed by atoms with Crippen molar-refractivity contribution in [3.8, 4) is 22.8 Å². The zero-order valence-electron chi connectivity index (χ0n) is 20.1. The predicted molar refractivity (Wildman–Crippen MR) is 140 cm³/mol. The molecule has 0 saturated heterocycles. The maximum Gasteiger partial charge on any atom is 0.343 e. The molecule has 0 unspecified atom stereocenters. The third-order valence-electron chi connectivity index (χ3n) is 4.82. The van der Waals surface area contributed by atoms with Crippen molar-refractivity contribution >= 4 is 29.8 Å². The van der Waals surface area contributed by atoms with E-state index in [1.54, 1.807) is 40.9 Å². The molecule has 4 aromatic rings. The van der Waals surface area contributed by atoms with Crippen molar-refractivity contribution in [2.75, 3.05) is 5.32 Å². The summed E-state index contributed by atoms with van der Waals surface area (Å²) in [5.74, 6) is 0.226. The largest absolute Gasteiger partial charge is 0.422 e. The molecule has 0 aliphatic rings. The molecule has 0 aliphatic heterocycles. The van der Waals surface area contributed by atoms with Crippen LogP contribution in [-0.4, -0.2) is 31.5 Å². The number of nitrogens with one attached hydrogen (secondary N) is 1. The number of ether oxygens (including phenoxy) is 1. The molecule has 180 valence electrons. The van der Waals surface area contributed by atoms with Crippen LogP contribution in [0.3, 0.4) is 0 Å². The van der Waals surface area contributed by atoms with E-state index in [0.717, 1.165) is 11.8 Å². The Morgan fingerprint density at radius 1 is 0.974 bits per heavy atom. The van der Waals surface area contributed by atoms with Crippen LogP contribution in [0.25, 0.3) is 35.0 Å². The topological polar surface area (TPSA) is 98.5 Å². The molecule has 0 spiro atoms. The highest BCUT2D eigenvalue weighted by Crippen LogP contribution is 2.23. The van der Waals surface area contributed by atoms with Gasteiger partial charge in [-0.3, -0.25) is 4.79 Å². The minimum absolute atomic E-state index is 0.171. The van der Waals surface area contributed by atoms with Gasteiger partial charge in [0.1, 0.15) is 11.6 Å². The van der Waals surface area contributed by atoms with Crippen molar-refractivity contribution in [3.05, 3.63) is 118 Å². The molecule has 2 aromatic carbocycles. The first-order valence-corrected chi connectivity index (χ1v) is 11.0. The zero-order chi connectivity index (χ0) is 26.9. The lowest BCUT2D eigenvalue weighted by atomic mass is 10.1. The molecule has 1 amide bonds. The smallest absolute Gasteiger partial charge is 0.343 e. The Bertz CT molecular complexity index is 1940. The monoisotopic (exact) mass is 495 g/mol. The third-order valence-corrected chi connectivity index (χ3v) is 4.82. The van der Waals surface area contributed by atoms with Crippen LogP contribution in [-0.2, 0) is 9.53 Å². The molecule has 4 rings (SSSR count). The fourth-order valence-corrected chi connectivity index (χ4v) is 3.26. The van der Waals surface area contributed by atoms with E-state index in [0.29, 0.717) is 39.5 Å². The van der Waals surface area contributed by atoms with Crippen LogP contribution < -0.4 is 10.7 Å². The van der Waals surface area contributed by atoms with E-state index in [1.807, 2.05) is 12.1 Å². The van der Waals surface area contributed by atoms with Gasteiger partial charge in [0, 0.05) is 23.7 Å². The summed E-state index contributed by atoms with van der Waals surface area (Å²) in [5.41, 5.74) is 22.6. The van der Waals surface area contributed by atoms with Gasteiger partial charge in [-0.15, -0.1) is 5.10 Å². The number of fused-ring (bicyclic) bond motifs is 1. The quantitative estimate of drug-likeness (QED) is 0.255. The summed E-state index contributed by atoms with van der Waals surface area (Å²) < 4.78 is 6.62. The minimum atomic E-state index is -0.579. The van der Waals surface area contributed by atoms with Gasteiger partial charge in [-0.25, -0.2) is 14.8 Å². The van der Waals surface area contributed by atoms with Crippen molar-refractivity contribution in [1.29, 1.82) is 0 Å². The van der Waals surface area contributed by atoms with Gasteiger partial charge in [0.05, 0.1) is 5.56 Å². The molecule has 1 N–H and O–H groups in total. The van der Waals surface area contributed by atoms with E-state index in [2.05, 4.69) is 79.4 Å². The number of carbonyl (C=O) groups excluding carboxylic acids is 2. The summed E-state index contributed by atoms with van der Waals surface area (Å²) in [4.78, 5) is 32.7. The summed E-state index contributed by atoms with van der Waals surface area (Å²) in [6.45, 7) is 8.74.